The van der Waals surface area contributed by atoms with Crippen molar-refractivity contribution in [2.45, 2.75) is 26.4 Å². The number of aromatic amines is 2. The van der Waals surface area contributed by atoms with Gasteiger partial charge in [-0.05, 0) is 35.7 Å². The van der Waals surface area contributed by atoms with E-state index >= 15 is 0 Å². The molecule has 2 aromatic carbocycles. The molecule has 148 valence electrons. The Morgan fingerprint density at radius 1 is 1.10 bits per heavy atom. The van der Waals surface area contributed by atoms with Crippen LogP contribution in [0.25, 0.3) is 21.9 Å². The Morgan fingerprint density at radius 2 is 1.86 bits per heavy atom. The first-order valence-electron chi connectivity index (χ1n) is 9.38. The summed E-state index contributed by atoms with van der Waals surface area (Å²) in [5, 5.41) is 3.38. The Labute approximate surface area is 165 Å². The van der Waals surface area contributed by atoms with Gasteiger partial charge in [0.2, 0.25) is 5.91 Å². The highest BCUT2D eigenvalue weighted by Crippen LogP contribution is 2.18. The lowest BCUT2D eigenvalue weighted by Crippen LogP contribution is -2.39. The molecule has 3 N–H and O–H groups in total. The van der Waals surface area contributed by atoms with Gasteiger partial charge in [-0.1, -0.05) is 32.0 Å². The summed E-state index contributed by atoms with van der Waals surface area (Å²) in [5.41, 5.74) is 2.31. The highest BCUT2D eigenvalue weighted by molar-refractivity contribution is 5.82. The van der Waals surface area contributed by atoms with Crippen LogP contribution >= 0.6 is 0 Å². The van der Waals surface area contributed by atoms with Crippen LogP contribution < -0.4 is 16.6 Å². The van der Waals surface area contributed by atoms with Crippen LogP contribution in [0.5, 0.6) is 0 Å². The van der Waals surface area contributed by atoms with Crippen LogP contribution in [0.2, 0.25) is 0 Å². The van der Waals surface area contributed by atoms with Crippen LogP contribution in [0.1, 0.15) is 25.5 Å². The molecule has 0 aliphatic heterocycles. The number of aromatic nitrogens is 4. The molecule has 29 heavy (non-hydrogen) atoms. The number of para-hydroxylation sites is 1. The Hall–Kier alpha value is -3.68. The number of hydrogen-bond donors (Lipinski definition) is 3. The van der Waals surface area contributed by atoms with Crippen molar-refractivity contribution < 1.29 is 4.79 Å². The van der Waals surface area contributed by atoms with Crippen LogP contribution in [-0.2, 0) is 11.3 Å². The smallest absolute Gasteiger partial charge is 0.323 e. The fraction of sp³-hybridized carbons (Fsp3) is 0.238. The lowest BCUT2D eigenvalue weighted by molar-refractivity contribution is -0.125. The first-order valence-corrected chi connectivity index (χ1v) is 9.38. The van der Waals surface area contributed by atoms with Gasteiger partial charge in [0.1, 0.15) is 6.04 Å². The van der Waals surface area contributed by atoms with Crippen LogP contribution in [-0.4, -0.2) is 25.4 Å². The molecule has 8 heteroatoms. The molecule has 0 aliphatic carbocycles. The zero-order valence-electron chi connectivity index (χ0n) is 16.1. The van der Waals surface area contributed by atoms with E-state index < -0.39 is 6.04 Å². The zero-order valence-corrected chi connectivity index (χ0v) is 16.1. The average Bonchev–Trinajstić information content (AvgIpc) is 3.07. The molecule has 0 saturated heterocycles. The third-order valence-electron chi connectivity index (χ3n) is 4.94. The number of hydrogen-bond acceptors (Lipinski definition) is 4. The van der Waals surface area contributed by atoms with Crippen molar-refractivity contribution >= 4 is 27.8 Å². The molecular weight excluding hydrogens is 370 g/mol. The molecule has 1 amide bonds. The molecule has 0 radical (unpaired) electrons. The third kappa shape index (κ3) is 3.56. The van der Waals surface area contributed by atoms with Gasteiger partial charge in [-0.15, -0.1) is 0 Å². The monoisotopic (exact) mass is 391 g/mol. The molecule has 1 unspecified atom stereocenters. The first kappa shape index (κ1) is 18.7. The Kier molecular flexibility index (Phi) is 4.75. The van der Waals surface area contributed by atoms with Crippen LogP contribution in [0, 0.1) is 5.92 Å². The Bertz CT molecular complexity index is 1320. The summed E-state index contributed by atoms with van der Waals surface area (Å²) in [4.78, 5) is 47.0. The molecule has 1 atom stereocenters. The maximum atomic E-state index is 13.0. The van der Waals surface area contributed by atoms with E-state index in [1.165, 1.54) is 10.9 Å². The standard InChI is InChI=1S/C21H21N5O3/c1-12(2)18(26-11-23-15-6-4-3-5-14(15)20(26)28)19(27)22-10-13-7-8-16-17(9-13)25-21(29)24-16/h3-9,11-12,18H,10H2,1-2H3,(H,22,27)(H2,24,25,29). The van der Waals surface area contributed by atoms with Crippen LogP contribution in [0.4, 0.5) is 0 Å². The molecule has 2 heterocycles. The summed E-state index contributed by atoms with van der Waals surface area (Å²) in [6.07, 6.45) is 1.44. The van der Waals surface area contributed by atoms with E-state index in [0.29, 0.717) is 21.9 Å². The second-order valence-corrected chi connectivity index (χ2v) is 7.34. The third-order valence-corrected chi connectivity index (χ3v) is 4.94. The Morgan fingerprint density at radius 3 is 2.66 bits per heavy atom. The minimum atomic E-state index is -0.685. The number of carbonyl (C=O) groups is 1. The van der Waals surface area contributed by atoms with Crippen molar-refractivity contribution in [2.75, 3.05) is 0 Å². The maximum absolute atomic E-state index is 13.0. The van der Waals surface area contributed by atoms with E-state index in [4.69, 9.17) is 0 Å². The van der Waals surface area contributed by atoms with Crippen molar-refractivity contribution in [3.05, 3.63) is 75.2 Å². The second kappa shape index (κ2) is 7.38. The number of imidazole rings is 1. The number of nitrogens with zero attached hydrogens (tertiary/aromatic N) is 2. The molecule has 4 aromatic rings. The van der Waals surface area contributed by atoms with E-state index in [1.54, 1.807) is 24.3 Å². The summed E-state index contributed by atoms with van der Waals surface area (Å²) in [5.74, 6) is -0.374. The molecule has 0 fully saturated rings. The van der Waals surface area contributed by atoms with Gasteiger partial charge in [-0.25, -0.2) is 9.78 Å². The zero-order chi connectivity index (χ0) is 20.5. The van der Waals surface area contributed by atoms with Crippen molar-refractivity contribution in [3.8, 4) is 0 Å². The largest absolute Gasteiger partial charge is 0.350 e. The predicted molar refractivity (Wildman–Crippen MR) is 111 cm³/mol. The van der Waals surface area contributed by atoms with E-state index in [-0.39, 0.29) is 29.6 Å². The fourth-order valence-corrected chi connectivity index (χ4v) is 3.51. The molecule has 0 saturated carbocycles. The van der Waals surface area contributed by atoms with Gasteiger partial charge in [-0.3, -0.25) is 14.2 Å². The number of carbonyl (C=O) groups excluding carboxylic acids is 1. The van der Waals surface area contributed by atoms with Gasteiger partial charge in [0.25, 0.3) is 5.56 Å². The van der Waals surface area contributed by atoms with Gasteiger partial charge in [0, 0.05) is 6.54 Å². The van der Waals surface area contributed by atoms with Crippen molar-refractivity contribution in [1.29, 1.82) is 0 Å². The van der Waals surface area contributed by atoms with Crippen molar-refractivity contribution in [2.24, 2.45) is 5.92 Å². The quantitative estimate of drug-likeness (QED) is 0.483. The average molecular weight is 391 g/mol. The molecule has 8 nitrogen and oxygen atoms in total. The molecular formula is C21H21N5O3. The number of benzene rings is 2. The van der Waals surface area contributed by atoms with E-state index in [9.17, 15) is 14.4 Å². The highest BCUT2D eigenvalue weighted by Gasteiger charge is 2.25. The Balaban J connectivity index is 1.59. The van der Waals surface area contributed by atoms with E-state index in [2.05, 4.69) is 20.3 Å². The topological polar surface area (TPSA) is 113 Å². The normalized spacial score (nSPS) is 12.5. The summed E-state index contributed by atoms with van der Waals surface area (Å²) in [6, 6.07) is 11.8. The molecule has 4 rings (SSSR count). The number of nitrogens with one attached hydrogen (secondary N) is 3. The SMILES string of the molecule is CC(C)C(C(=O)NCc1ccc2[nH]c(=O)[nH]c2c1)n1cnc2ccccc2c1=O. The summed E-state index contributed by atoms with van der Waals surface area (Å²) in [6.45, 7) is 4.06. The van der Waals surface area contributed by atoms with Crippen LogP contribution in [0.15, 0.2) is 58.4 Å². The lowest BCUT2D eigenvalue weighted by Gasteiger charge is -2.22. The minimum Gasteiger partial charge on any atom is -0.350 e. The van der Waals surface area contributed by atoms with Gasteiger partial charge in [0.15, 0.2) is 0 Å². The maximum Gasteiger partial charge on any atom is 0.323 e. The molecule has 0 aliphatic rings. The number of fused-ring (bicyclic) bond motifs is 2. The number of H-pyrrole nitrogens is 2. The van der Waals surface area contributed by atoms with Crippen molar-refractivity contribution in [1.82, 2.24) is 24.8 Å². The van der Waals surface area contributed by atoms with E-state index in [1.807, 2.05) is 32.0 Å². The summed E-state index contributed by atoms with van der Waals surface area (Å²) >= 11 is 0. The van der Waals surface area contributed by atoms with Gasteiger partial charge in [0.05, 0.1) is 28.3 Å². The first-order chi connectivity index (χ1) is 13.9. The fourth-order valence-electron chi connectivity index (χ4n) is 3.51. The second-order valence-electron chi connectivity index (χ2n) is 7.34. The molecule has 0 bridgehead atoms. The van der Waals surface area contributed by atoms with E-state index in [0.717, 1.165) is 5.56 Å². The molecule has 2 aromatic heterocycles. The number of rotatable bonds is 5. The highest BCUT2D eigenvalue weighted by atomic mass is 16.2. The molecule has 0 spiro atoms. The summed E-state index contributed by atoms with van der Waals surface area (Å²) < 4.78 is 1.40. The summed E-state index contributed by atoms with van der Waals surface area (Å²) in [7, 11) is 0. The lowest BCUT2D eigenvalue weighted by atomic mass is 10.0. The predicted octanol–water partition coefficient (Wildman–Crippen LogP) is 2.08. The van der Waals surface area contributed by atoms with Gasteiger partial charge in [-0.2, -0.15) is 0 Å². The van der Waals surface area contributed by atoms with Crippen molar-refractivity contribution in [3.63, 3.8) is 0 Å². The van der Waals surface area contributed by atoms with Gasteiger partial charge < -0.3 is 15.3 Å². The number of amides is 1. The van der Waals surface area contributed by atoms with Gasteiger partial charge >= 0.3 is 5.69 Å². The van der Waals surface area contributed by atoms with Crippen LogP contribution in [0.3, 0.4) is 0 Å². The minimum absolute atomic E-state index is 0.112.